The Morgan fingerprint density at radius 1 is 1.50 bits per heavy atom. The lowest BCUT2D eigenvalue weighted by molar-refractivity contribution is 0.0693. The summed E-state index contributed by atoms with van der Waals surface area (Å²) in [6.07, 6.45) is 1.71. The van der Waals surface area contributed by atoms with Gasteiger partial charge in [0.05, 0.1) is 0 Å². The molecule has 0 aromatic heterocycles. The van der Waals surface area contributed by atoms with Gasteiger partial charge < -0.3 is 15.5 Å². The number of nitrogens with one attached hydrogen (secondary N) is 1. The summed E-state index contributed by atoms with van der Waals surface area (Å²) in [6.45, 7) is 0.795. The maximum Gasteiger partial charge on any atom is 0.339 e. The van der Waals surface area contributed by atoms with Crippen LogP contribution in [0.15, 0.2) is 12.1 Å². The number of aromatic carboxylic acids is 1. The molecule has 2 rings (SSSR count). The topological polar surface area (TPSA) is 69.6 Å². The van der Waals surface area contributed by atoms with Gasteiger partial charge in [-0.25, -0.2) is 9.18 Å². The van der Waals surface area contributed by atoms with E-state index in [0.717, 1.165) is 25.5 Å². The Labute approximate surface area is 91.7 Å². The average molecular weight is 225 g/mol. The summed E-state index contributed by atoms with van der Waals surface area (Å²) in [5.41, 5.74) is -0.0569. The van der Waals surface area contributed by atoms with Crippen molar-refractivity contribution in [3.05, 3.63) is 29.1 Å². The molecule has 1 aromatic rings. The molecular formula is C11H12FNO3. The van der Waals surface area contributed by atoms with Gasteiger partial charge in [-0.1, -0.05) is 0 Å². The fraction of sp³-hybridized carbons (Fsp3) is 0.364. The van der Waals surface area contributed by atoms with Crippen molar-refractivity contribution < 1.29 is 19.4 Å². The van der Waals surface area contributed by atoms with Gasteiger partial charge in [0.25, 0.3) is 0 Å². The summed E-state index contributed by atoms with van der Waals surface area (Å²) in [6, 6.07) is 1.86. The van der Waals surface area contributed by atoms with E-state index >= 15 is 0 Å². The number of rotatable bonds is 2. The van der Waals surface area contributed by atoms with E-state index in [9.17, 15) is 14.3 Å². The second-order valence-corrected chi connectivity index (χ2v) is 3.85. The minimum atomic E-state index is -1.32. The molecule has 1 fully saturated rings. The fourth-order valence-electron chi connectivity index (χ4n) is 2.00. The first-order valence-electron chi connectivity index (χ1n) is 5.08. The minimum absolute atomic E-state index is 0.159. The van der Waals surface area contributed by atoms with Gasteiger partial charge in [-0.2, -0.15) is 0 Å². The first-order valence-corrected chi connectivity index (χ1v) is 5.08. The summed E-state index contributed by atoms with van der Waals surface area (Å²) in [5, 5.41) is 21.7. The highest BCUT2D eigenvalue weighted by atomic mass is 19.1. The minimum Gasteiger partial charge on any atom is -0.507 e. The summed E-state index contributed by atoms with van der Waals surface area (Å²) >= 11 is 0. The van der Waals surface area contributed by atoms with E-state index in [-0.39, 0.29) is 17.4 Å². The Morgan fingerprint density at radius 3 is 2.81 bits per heavy atom. The third-order valence-corrected chi connectivity index (χ3v) is 2.77. The molecule has 0 radical (unpaired) electrons. The van der Waals surface area contributed by atoms with Crippen LogP contribution >= 0.6 is 0 Å². The van der Waals surface area contributed by atoms with Crippen LogP contribution in [-0.2, 0) is 0 Å². The number of carboxylic acid groups (broad SMARTS) is 1. The van der Waals surface area contributed by atoms with Crippen molar-refractivity contribution in [2.45, 2.75) is 18.9 Å². The van der Waals surface area contributed by atoms with E-state index < -0.39 is 11.8 Å². The fourth-order valence-corrected chi connectivity index (χ4v) is 2.00. The SMILES string of the molecule is O=C(O)c1cc(F)cc([C@@H]2CCCN2)c1O. The highest BCUT2D eigenvalue weighted by molar-refractivity contribution is 5.91. The van der Waals surface area contributed by atoms with Crippen molar-refractivity contribution in [2.75, 3.05) is 6.54 Å². The predicted octanol–water partition coefficient (Wildman–Crippen LogP) is 1.65. The van der Waals surface area contributed by atoms with Gasteiger partial charge in [0.2, 0.25) is 0 Å². The maximum absolute atomic E-state index is 13.2. The van der Waals surface area contributed by atoms with E-state index in [2.05, 4.69) is 5.32 Å². The number of benzene rings is 1. The van der Waals surface area contributed by atoms with E-state index in [1.807, 2.05) is 0 Å². The molecule has 16 heavy (non-hydrogen) atoms. The predicted molar refractivity (Wildman–Crippen MR) is 55.0 cm³/mol. The molecule has 0 spiro atoms. The molecule has 0 bridgehead atoms. The molecule has 0 saturated carbocycles. The van der Waals surface area contributed by atoms with Crippen LogP contribution in [0.1, 0.15) is 34.8 Å². The molecule has 1 saturated heterocycles. The zero-order chi connectivity index (χ0) is 11.7. The van der Waals surface area contributed by atoms with E-state index in [4.69, 9.17) is 5.11 Å². The molecule has 1 aliphatic heterocycles. The molecule has 0 aliphatic carbocycles. The Balaban J connectivity index is 2.47. The number of carbonyl (C=O) groups is 1. The van der Waals surface area contributed by atoms with Crippen molar-refractivity contribution in [2.24, 2.45) is 0 Å². The highest BCUT2D eigenvalue weighted by Gasteiger charge is 2.24. The summed E-state index contributed by atoms with van der Waals surface area (Å²) in [7, 11) is 0. The monoisotopic (exact) mass is 225 g/mol. The second-order valence-electron chi connectivity index (χ2n) is 3.85. The molecule has 86 valence electrons. The molecule has 4 nitrogen and oxygen atoms in total. The van der Waals surface area contributed by atoms with Crippen molar-refractivity contribution in [1.29, 1.82) is 0 Å². The van der Waals surface area contributed by atoms with Gasteiger partial charge in [0, 0.05) is 11.6 Å². The number of hydrogen-bond donors (Lipinski definition) is 3. The Hall–Kier alpha value is -1.62. The van der Waals surface area contributed by atoms with Gasteiger partial charge in [-0.3, -0.25) is 0 Å². The number of phenols is 1. The number of aromatic hydroxyl groups is 1. The largest absolute Gasteiger partial charge is 0.507 e. The third kappa shape index (κ3) is 1.86. The summed E-state index contributed by atoms with van der Waals surface area (Å²) < 4.78 is 13.2. The molecule has 3 N–H and O–H groups in total. The molecule has 1 heterocycles. The summed E-state index contributed by atoms with van der Waals surface area (Å²) in [4.78, 5) is 10.8. The molecule has 0 unspecified atom stereocenters. The molecule has 5 heteroatoms. The smallest absolute Gasteiger partial charge is 0.339 e. The van der Waals surface area contributed by atoms with Crippen LogP contribution in [0.5, 0.6) is 5.75 Å². The standard InChI is InChI=1S/C11H12FNO3/c12-6-4-7(9-2-1-3-13-9)10(14)8(5-6)11(15)16/h4-5,9,13-14H,1-3H2,(H,15,16)/t9-/m0/s1. The Bertz CT molecular complexity index is 427. The van der Waals surface area contributed by atoms with Crippen LogP contribution in [-0.4, -0.2) is 22.7 Å². The van der Waals surface area contributed by atoms with Gasteiger partial charge in [-0.15, -0.1) is 0 Å². The Kier molecular flexibility index (Phi) is 2.78. The second kappa shape index (κ2) is 4.09. The van der Waals surface area contributed by atoms with Crippen LogP contribution in [0.2, 0.25) is 0 Å². The van der Waals surface area contributed by atoms with E-state index in [0.29, 0.717) is 5.56 Å². The molecule has 0 amide bonds. The van der Waals surface area contributed by atoms with Crippen LogP contribution in [0, 0.1) is 5.82 Å². The van der Waals surface area contributed by atoms with Crippen molar-refractivity contribution in [3.63, 3.8) is 0 Å². The molecule has 1 aliphatic rings. The lowest BCUT2D eigenvalue weighted by Gasteiger charge is -2.14. The number of carboxylic acids is 1. The lowest BCUT2D eigenvalue weighted by Crippen LogP contribution is -2.14. The normalized spacial score (nSPS) is 19.9. The quantitative estimate of drug-likeness (QED) is 0.715. The lowest BCUT2D eigenvalue weighted by atomic mass is 10.0. The Morgan fingerprint density at radius 2 is 2.25 bits per heavy atom. The van der Waals surface area contributed by atoms with Gasteiger partial charge in [0.15, 0.2) is 0 Å². The third-order valence-electron chi connectivity index (χ3n) is 2.77. The van der Waals surface area contributed by atoms with Gasteiger partial charge in [0.1, 0.15) is 17.1 Å². The highest BCUT2D eigenvalue weighted by Crippen LogP contribution is 2.33. The van der Waals surface area contributed by atoms with Crippen LogP contribution in [0.3, 0.4) is 0 Å². The van der Waals surface area contributed by atoms with Crippen molar-refractivity contribution in [1.82, 2.24) is 5.32 Å². The van der Waals surface area contributed by atoms with Gasteiger partial charge >= 0.3 is 5.97 Å². The average Bonchev–Trinajstić information content (AvgIpc) is 2.73. The molecular weight excluding hydrogens is 213 g/mol. The molecule has 1 atom stereocenters. The first kappa shape index (κ1) is 10.9. The maximum atomic E-state index is 13.2. The van der Waals surface area contributed by atoms with Crippen LogP contribution < -0.4 is 5.32 Å². The van der Waals surface area contributed by atoms with E-state index in [1.165, 1.54) is 6.07 Å². The van der Waals surface area contributed by atoms with Crippen LogP contribution in [0.4, 0.5) is 4.39 Å². The molecule has 1 aromatic carbocycles. The summed E-state index contributed by atoms with van der Waals surface area (Å²) in [5.74, 6) is -2.30. The number of hydrogen-bond acceptors (Lipinski definition) is 3. The van der Waals surface area contributed by atoms with Crippen molar-refractivity contribution in [3.8, 4) is 5.75 Å². The van der Waals surface area contributed by atoms with Gasteiger partial charge in [-0.05, 0) is 31.5 Å². The first-order chi connectivity index (χ1) is 7.59. The zero-order valence-electron chi connectivity index (χ0n) is 8.53. The zero-order valence-corrected chi connectivity index (χ0v) is 8.53. The van der Waals surface area contributed by atoms with Crippen LogP contribution in [0.25, 0.3) is 0 Å². The van der Waals surface area contributed by atoms with E-state index in [1.54, 1.807) is 0 Å². The number of halogens is 1. The van der Waals surface area contributed by atoms with Crippen molar-refractivity contribution >= 4 is 5.97 Å².